The number of nitrogens with zero attached hydrogens (tertiary/aromatic N) is 1. The Kier molecular flexibility index (Phi) is 1.91. The Bertz CT molecular complexity index is 150. The van der Waals surface area contributed by atoms with Gasteiger partial charge >= 0.3 is 7.67 Å². The van der Waals surface area contributed by atoms with Gasteiger partial charge in [0.1, 0.15) is 0 Å². The molecular formula is C4H11N2O2P. The number of hydrogen-bond acceptors (Lipinski definition) is 2. The molecule has 1 atom stereocenters. The highest BCUT2D eigenvalue weighted by Crippen LogP contribution is 2.46. The second-order valence-electron chi connectivity index (χ2n) is 1.99. The van der Waals surface area contributed by atoms with Crippen molar-refractivity contribution in [2.24, 2.45) is 0 Å². The van der Waals surface area contributed by atoms with Crippen LogP contribution in [-0.4, -0.2) is 31.9 Å². The maximum atomic E-state index is 11.3. The highest BCUT2D eigenvalue weighted by molar-refractivity contribution is 7.54. The highest BCUT2D eigenvalue weighted by atomic mass is 31.2. The minimum absolute atomic E-state index is 0.752. The zero-order valence-corrected chi connectivity index (χ0v) is 6.52. The van der Waals surface area contributed by atoms with Crippen molar-refractivity contribution in [1.29, 1.82) is 0 Å². The van der Waals surface area contributed by atoms with E-state index >= 15 is 0 Å². The van der Waals surface area contributed by atoms with Gasteiger partial charge in [0.2, 0.25) is 0 Å². The summed E-state index contributed by atoms with van der Waals surface area (Å²) in [7, 11) is 0.677. The Hall–Kier alpha value is 0.110. The van der Waals surface area contributed by atoms with E-state index in [4.69, 9.17) is 4.52 Å². The molecule has 5 heteroatoms. The molecule has 0 aromatic rings. The van der Waals surface area contributed by atoms with Crippen molar-refractivity contribution in [2.75, 3.05) is 27.2 Å². The monoisotopic (exact) mass is 150 g/mol. The fraction of sp³-hybridized carbons (Fsp3) is 1.00. The molecule has 1 rings (SSSR count). The SMILES string of the molecule is COP1(=O)NCCN1C. The van der Waals surface area contributed by atoms with E-state index in [1.54, 1.807) is 11.7 Å². The van der Waals surface area contributed by atoms with Gasteiger partial charge in [0, 0.05) is 20.2 Å². The molecular weight excluding hydrogens is 139 g/mol. The number of rotatable bonds is 1. The molecule has 1 saturated heterocycles. The van der Waals surface area contributed by atoms with Crippen molar-refractivity contribution < 1.29 is 9.09 Å². The predicted octanol–water partition coefficient (Wildman–Crippen LogP) is 0.276. The van der Waals surface area contributed by atoms with E-state index in [0.717, 1.165) is 13.1 Å². The summed E-state index contributed by atoms with van der Waals surface area (Å²) in [6, 6.07) is 0. The first-order valence-electron chi connectivity index (χ1n) is 2.81. The summed E-state index contributed by atoms with van der Waals surface area (Å²) in [5.74, 6) is 0. The lowest BCUT2D eigenvalue weighted by Crippen LogP contribution is -2.11. The molecule has 0 aromatic carbocycles. The van der Waals surface area contributed by atoms with Gasteiger partial charge in [-0.3, -0.25) is 4.57 Å². The Morgan fingerprint density at radius 3 is 2.67 bits per heavy atom. The average Bonchev–Trinajstić information content (AvgIpc) is 2.15. The van der Waals surface area contributed by atoms with Gasteiger partial charge in [0.05, 0.1) is 0 Å². The quantitative estimate of drug-likeness (QED) is 0.545. The van der Waals surface area contributed by atoms with E-state index in [0.29, 0.717) is 0 Å². The third kappa shape index (κ3) is 1.17. The van der Waals surface area contributed by atoms with Crippen molar-refractivity contribution in [3.05, 3.63) is 0 Å². The fourth-order valence-corrected chi connectivity index (χ4v) is 2.20. The molecule has 54 valence electrons. The molecule has 1 N–H and O–H groups in total. The van der Waals surface area contributed by atoms with E-state index in [1.165, 1.54) is 7.11 Å². The van der Waals surface area contributed by atoms with Crippen LogP contribution in [0, 0.1) is 0 Å². The molecule has 1 fully saturated rings. The predicted molar refractivity (Wildman–Crippen MR) is 35.2 cm³/mol. The maximum Gasteiger partial charge on any atom is 0.342 e. The molecule has 9 heavy (non-hydrogen) atoms. The molecule has 0 aromatic heterocycles. The van der Waals surface area contributed by atoms with Crippen LogP contribution in [0.5, 0.6) is 0 Å². The van der Waals surface area contributed by atoms with E-state index in [2.05, 4.69) is 5.09 Å². The largest absolute Gasteiger partial charge is 0.342 e. The second kappa shape index (κ2) is 2.39. The van der Waals surface area contributed by atoms with Crippen molar-refractivity contribution in [3.63, 3.8) is 0 Å². The van der Waals surface area contributed by atoms with E-state index < -0.39 is 7.67 Å². The standard InChI is InChI=1S/C4H11N2O2P/c1-6-4-3-5-9(6,7)8-2/h3-4H2,1-2H3,(H,5,7). The number of likely N-dealkylation sites (N-methyl/N-ethyl adjacent to an activating group) is 1. The lowest BCUT2D eigenvalue weighted by molar-refractivity contribution is 0.345. The molecule has 0 spiro atoms. The van der Waals surface area contributed by atoms with Gasteiger partial charge in [-0.05, 0) is 7.05 Å². The first-order valence-corrected chi connectivity index (χ1v) is 4.39. The Labute approximate surface area is 54.7 Å². The van der Waals surface area contributed by atoms with Crippen LogP contribution in [-0.2, 0) is 9.09 Å². The molecule has 0 amide bonds. The van der Waals surface area contributed by atoms with Crippen molar-refractivity contribution in [1.82, 2.24) is 9.76 Å². The number of hydrogen-bond donors (Lipinski definition) is 1. The number of nitrogens with one attached hydrogen (secondary N) is 1. The van der Waals surface area contributed by atoms with Crippen LogP contribution in [0.3, 0.4) is 0 Å². The van der Waals surface area contributed by atoms with Gasteiger partial charge in [0.15, 0.2) is 0 Å². The lowest BCUT2D eigenvalue weighted by Gasteiger charge is -2.15. The van der Waals surface area contributed by atoms with Gasteiger partial charge in [-0.2, -0.15) is 0 Å². The molecule has 4 nitrogen and oxygen atoms in total. The van der Waals surface area contributed by atoms with Crippen LogP contribution >= 0.6 is 7.67 Å². The van der Waals surface area contributed by atoms with E-state index in [1.807, 2.05) is 0 Å². The van der Waals surface area contributed by atoms with Gasteiger partial charge < -0.3 is 4.52 Å². The van der Waals surface area contributed by atoms with Crippen LogP contribution < -0.4 is 5.09 Å². The summed E-state index contributed by atoms with van der Waals surface area (Å²) in [5.41, 5.74) is 0. The summed E-state index contributed by atoms with van der Waals surface area (Å²) in [6.45, 7) is 1.55. The Morgan fingerprint density at radius 2 is 2.44 bits per heavy atom. The zero-order chi connectivity index (χ0) is 6.91. The van der Waals surface area contributed by atoms with Crippen LogP contribution in [0.2, 0.25) is 0 Å². The lowest BCUT2D eigenvalue weighted by atomic mass is 10.7. The van der Waals surface area contributed by atoms with Gasteiger partial charge in [-0.25, -0.2) is 9.76 Å². The molecule has 1 aliphatic heterocycles. The van der Waals surface area contributed by atoms with Crippen molar-refractivity contribution >= 4 is 7.67 Å². The molecule has 0 radical (unpaired) electrons. The minimum atomic E-state index is -2.56. The van der Waals surface area contributed by atoms with Crippen molar-refractivity contribution in [2.45, 2.75) is 0 Å². The third-order valence-electron chi connectivity index (χ3n) is 1.44. The highest BCUT2D eigenvalue weighted by Gasteiger charge is 2.31. The molecule has 1 heterocycles. The third-order valence-corrected chi connectivity index (χ3v) is 3.66. The topological polar surface area (TPSA) is 41.6 Å². The summed E-state index contributed by atoms with van der Waals surface area (Å²) in [5, 5.41) is 2.79. The van der Waals surface area contributed by atoms with Gasteiger partial charge in [-0.15, -0.1) is 0 Å². The summed E-state index contributed by atoms with van der Waals surface area (Å²) in [6.07, 6.45) is 0. The molecule has 0 saturated carbocycles. The Balaban J connectivity index is 2.68. The summed E-state index contributed by atoms with van der Waals surface area (Å²) in [4.78, 5) is 0. The summed E-state index contributed by atoms with van der Waals surface area (Å²) >= 11 is 0. The van der Waals surface area contributed by atoms with Crippen LogP contribution in [0.4, 0.5) is 0 Å². The molecule has 0 aliphatic carbocycles. The minimum Gasteiger partial charge on any atom is -0.309 e. The Morgan fingerprint density at radius 1 is 1.78 bits per heavy atom. The van der Waals surface area contributed by atoms with Crippen LogP contribution in [0.25, 0.3) is 0 Å². The molecule has 0 bridgehead atoms. The van der Waals surface area contributed by atoms with Crippen LogP contribution in [0.15, 0.2) is 0 Å². The first-order chi connectivity index (χ1) is 4.19. The van der Waals surface area contributed by atoms with E-state index in [-0.39, 0.29) is 0 Å². The first kappa shape index (κ1) is 7.22. The zero-order valence-electron chi connectivity index (χ0n) is 5.63. The maximum absolute atomic E-state index is 11.3. The normalized spacial score (nSPS) is 37.6. The van der Waals surface area contributed by atoms with Gasteiger partial charge in [-0.1, -0.05) is 0 Å². The van der Waals surface area contributed by atoms with E-state index in [9.17, 15) is 4.57 Å². The molecule has 1 unspecified atom stereocenters. The van der Waals surface area contributed by atoms with Gasteiger partial charge in [0.25, 0.3) is 0 Å². The molecule has 1 aliphatic rings. The van der Waals surface area contributed by atoms with Crippen molar-refractivity contribution in [3.8, 4) is 0 Å². The smallest absolute Gasteiger partial charge is 0.309 e. The second-order valence-corrected chi connectivity index (χ2v) is 4.40. The fourth-order valence-electron chi connectivity index (χ4n) is 0.809. The summed E-state index contributed by atoms with van der Waals surface area (Å²) < 4.78 is 17.8. The van der Waals surface area contributed by atoms with Crippen LogP contribution in [0.1, 0.15) is 0 Å². The average molecular weight is 150 g/mol.